The zero-order valence-electron chi connectivity index (χ0n) is 10.9. The van der Waals surface area contributed by atoms with Crippen LogP contribution in [0.2, 0.25) is 5.15 Å². The van der Waals surface area contributed by atoms with Crippen LogP contribution in [0.1, 0.15) is 42.4 Å². The third kappa shape index (κ3) is 4.09. The van der Waals surface area contributed by atoms with Crippen LogP contribution in [0.25, 0.3) is 0 Å². The molecule has 0 bridgehead atoms. The number of hydrogen-bond acceptors (Lipinski definition) is 3. The number of aryl methyl sites for hydroxylation is 1. The van der Waals surface area contributed by atoms with Crippen LogP contribution in [-0.4, -0.2) is 16.6 Å². The van der Waals surface area contributed by atoms with Gasteiger partial charge < -0.3 is 4.74 Å². The van der Waals surface area contributed by atoms with Gasteiger partial charge in [-0.3, -0.25) is 0 Å². The number of rotatable bonds is 1. The summed E-state index contributed by atoms with van der Waals surface area (Å²) in [6.07, 6.45) is -4.61. The Kier molecular flexibility index (Phi) is 4.14. The fourth-order valence-electron chi connectivity index (χ4n) is 1.35. The Bertz CT molecular complexity index is 484. The molecule has 0 aromatic carbocycles. The molecule has 3 nitrogen and oxygen atoms in total. The van der Waals surface area contributed by atoms with E-state index in [1.165, 1.54) is 6.92 Å². The molecule has 0 aliphatic carbocycles. The number of pyridine rings is 1. The van der Waals surface area contributed by atoms with Crippen molar-refractivity contribution in [3.05, 3.63) is 28.0 Å². The molecule has 0 radical (unpaired) electrons. The lowest BCUT2D eigenvalue weighted by molar-refractivity contribution is -0.141. The zero-order chi connectivity index (χ0) is 15.0. The Morgan fingerprint density at radius 1 is 1.32 bits per heavy atom. The van der Waals surface area contributed by atoms with E-state index in [0.29, 0.717) is 0 Å². The van der Waals surface area contributed by atoms with E-state index in [4.69, 9.17) is 16.3 Å². The lowest BCUT2D eigenvalue weighted by Gasteiger charge is -2.20. The van der Waals surface area contributed by atoms with Crippen molar-refractivity contribution in [2.75, 3.05) is 0 Å². The van der Waals surface area contributed by atoms with Crippen LogP contribution in [0.5, 0.6) is 0 Å². The van der Waals surface area contributed by atoms with Crippen molar-refractivity contribution in [2.24, 2.45) is 0 Å². The van der Waals surface area contributed by atoms with Gasteiger partial charge in [-0.2, -0.15) is 13.2 Å². The third-order valence-electron chi connectivity index (χ3n) is 2.07. The standard InChI is InChI=1S/C12H13ClF3NO2/c1-6-5-7(12(14,15)16)17-9(13)8(6)10(18)19-11(2,3)4/h5H,1-4H3. The van der Waals surface area contributed by atoms with E-state index in [0.717, 1.165) is 6.07 Å². The minimum atomic E-state index is -4.61. The summed E-state index contributed by atoms with van der Waals surface area (Å²) in [5, 5.41) is -0.512. The molecule has 19 heavy (non-hydrogen) atoms. The van der Waals surface area contributed by atoms with Crippen molar-refractivity contribution in [1.29, 1.82) is 0 Å². The van der Waals surface area contributed by atoms with Gasteiger partial charge >= 0.3 is 12.1 Å². The second-order valence-corrected chi connectivity index (χ2v) is 5.35. The number of aromatic nitrogens is 1. The lowest BCUT2D eigenvalue weighted by Crippen LogP contribution is -2.25. The second kappa shape index (κ2) is 5.00. The van der Waals surface area contributed by atoms with Crippen molar-refractivity contribution in [3.63, 3.8) is 0 Å². The summed E-state index contributed by atoms with van der Waals surface area (Å²) in [4.78, 5) is 15.0. The van der Waals surface area contributed by atoms with Crippen molar-refractivity contribution < 1.29 is 22.7 Å². The van der Waals surface area contributed by atoms with Gasteiger partial charge in [-0.05, 0) is 39.3 Å². The van der Waals surface area contributed by atoms with E-state index in [-0.39, 0.29) is 11.1 Å². The summed E-state index contributed by atoms with van der Waals surface area (Å²) in [5.74, 6) is -0.795. The van der Waals surface area contributed by atoms with E-state index < -0.39 is 28.6 Å². The number of ether oxygens (including phenoxy) is 1. The van der Waals surface area contributed by atoms with Crippen LogP contribution >= 0.6 is 11.6 Å². The number of alkyl halides is 3. The molecule has 0 atom stereocenters. The predicted octanol–water partition coefficient (Wildman–Crippen LogP) is 4.02. The van der Waals surface area contributed by atoms with Gasteiger partial charge in [0.05, 0.1) is 5.56 Å². The van der Waals surface area contributed by atoms with Gasteiger partial charge in [-0.15, -0.1) is 0 Å². The minimum Gasteiger partial charge on any atom is -0.456 e. The fourth-order valence-corrected chi connectivity index (χ4v) is 1.67. The van der Waals surface area contributed by atoms with Crippen molar-refractivity contribution in [1.82, 2.24) is 4.98 Å². The van der Waals surface area contributed by atoms with Gasteiger partial charge in [-0.25, -0.2) is 9.78 Å². The lowest BCUT2D eigenvalue weighted by atomic mass is 10.1. The predicted molar refractivity (Wildman–Crippen MR) is 64.2 cm³/mol. The van der Waals surface area contributed by atoms with Crippen LogP contribution < -0.4 is 0 Å². The van der Waals surface area contributed by atoms with E-state index in [1.54, 1.807) is 20.8 Å². The average Bonchev–Trinajstić information content (AvgIpc) is 2.11. The molecule has 7 heteroatoms. The molecule has 0 aliphatic heterocycles. The smallest absolute Gasteiger partial charge is 0.433 e. The van der Waals surface area contributed by atoms with Gasteiger partial charge in [0.25, 0.3) is 0 Å². The molecule has 1 aromatic rings. The van der Waals surface area contributed by atoms with Crippen LogP contribution in [0.4, 0.5) is 13.2 Å². The zero-order valence-corrected chi connectivity index (χ0v) is 11.6. The summed E-state index contributed by atoms with van der Waals surface area (Å²) >= 11 is 5.65. The van der Waals surface area contributed by atoms with Crippen molar-refractivity contribution in [2.45, 2.75) is 39.5 Å². The number of esters is 1. The highest BCUT2D eigenvalue weighted by Gasteiger charge is 2.34. The molecular weight excluding hydrogens is 283 g/mol. The van der Waals surface area contributed by atoms with E-state index in [2.05, 4.69) is 4.98 Å². The molecule has 0 aliphatic rings. The Labute approximate surface area is 113 Å². The van der Waals surface area contributed by atoms with Gasteiger partial charge in [0, 0.05) is 0 Å². The molecule has 106 valence electrons. The molecule has 0 N–H and O–H groups in total. The Morgan fingerprint density at radius 3 is 2.21 bits per heavy atom. The van der Waals surface area contributed by atoms with E-state index in [1.807, 2.05) is 0 Å². The summed E-state index contributed by atoms with van der Waals surface area (Å²) < 4.78 is 42.6. The highest BCUT2D eigenvalue weighted by atomic mass is 35.5. The Morgan fingerprint density at radius 2 is 1.84 bits per heavy atom. The normalized spacial score (nSPS) is 12.4. The molecule has 0 saturated carbocycles. The SMILES string of the molecule is Cc1cc(C(F)(F)F)nc(Cl)c1C(=O)OC(C)(C)C. The summed E-state index contributed by atoms with van der Waals surface area (Å²) in [5.41, 5.74) is -1.98. The molecule has 1 aromatic heterocycles. The van der Waals surface area contributed by atoms with Crippen LogP contribution in [0.3, 0.4) is 0 Å². The molecule has 1 rings (SSSR count). The van der Waals surface area contributed by atoms with Gasteiger partial charge in [0.2, 0.25) is 0 Å². The van der Waals surface area contributed by atoms with Crippen molar-refractivity contribution in [3.8, 4) is 0 Å². The summed E-state index contributed by atoms with van der Waals surface area (Å²) in [6.45, 7) is 6.28. The number of halogens is 4. The van der Waals surface area contributed by atoms with Crippen LogP contribution in [0.15, 0.2) is 6.07 Å². The summed E-state index contributed by atoms with van der Waals surface area (Å²) in [7, 11) is 0. The minimum absolute atomic E-state index is 0.0709. The van der Waals surface area contributed by atoms with E-state index >= 15 is 0 Å². The third-order valence-corrected chi connectivity index (χ3v) is 2.34. The highest BCUT2D eigenvalue weighted by Crippen LogP contribution is 2.31. The first-order chi connectivity index (χ1) is 8.42. The topological polar surface area (TPSA) is 39.2 Å². The first-order valence-corrected chi connectivity index (χ1v) is 5.77. The number of hydrogen-bond donors (Lipinski definition) is 0. The number of carbonyl (C=O) groups is 1. The molecule has 0 unspecified atom stereocenters. The monoisotopic (exact) mass is 295 g/mol. The van der Waals surface area contributed by atoms with Gasteiger partial charge in [-0.1, -0.05) is 11.6 Å². The summed E-state index contributed by atoms with van der Waals surface area (Å²) in [6, 6.07) is 0.769. The Balaban J connectivity index is 3.22. The van der Waals surface area contributed by atoms with Crippen LogP contribution in [-0.2, 0) is 10.9 Å². The maximum atomic E-state index is 12.5. The highest BCUT2D eigenvalue weighted by molar-refractivity contribution is 6.32. The maximum absolute atomic E-state index is 12.5. The van der Waals surface area contributed by atoms with Gasteiger partial charge in [0.15, 0.2) is 0 Å². The maximum Gasteiger partial charge on any atom is 0.433 e. The average molecular weight is 296 g/mol. The molecule has 1 heterocycles. The van der Waals surface area contributed by atoms with Crippen LogP contribution in [0, 0.1) is 6.92 Å². The molecular formula is C12H13ClF3NO2. The Hall–Kier alpha value is -1.30. The first kappa shape index (κ1) is 15.8. The quantitative estimate of drug-likeness (QED) is 0.580. The first-order valence-electron chi connectivity index (χ1n) is 5.39. The number of nitrogens with zero attached hydrogens (tertiary/aromatic N) is 1. The largest absolute Gasteiger partial charge is 0.456 e. The number of carbonyl (C=O) groups excluding carboxylic acids is 1. The molecule has 0 amide bonds. The fraction of sp³-hybridized carbons (Fsp3) is 0.500. The van der Waals surface area contributed by atoms with Gasteiger partial charge in [0.1, 0.15) is 16.4 Å². The molecule has 0 saturated heterocycles. The molecule has 0 fully saturated rings. The molecule has 0 spiro atoms. The van der Waals surface area contributed by atoms with Crippen molar-refractivity contribution >= 4 is 17.6 Å². The second-order valence-electron chi connectivity index (χ2n) is 4.99. The van der Waals surface area contributed by atoms with E-state index in [9.17, 15) is 18.0 Å².